The fourth-order valence-corrected chi connectivity index (χ4v) is 2.82. The van der Waals surface area contributed by atoms with Gasteiger partial charge in [-0.3, -0.25) is 14.7 Å². The highest BCUT2D eigenvalue weighted by Gasteiger charge is 2.14. The Kier molecular flexibility index (Phi) is 5.44. The van der Waals surface area contributed by atoms with E-state index in [1.165, 1.54) is 5.56 Å². The normalized spacial score (nSPS) is 15.5. The number of rotatable bonds is 4. The average Bonchev–Trinajstić information content (AvgIpc) is 2.64. The van der Waals surface area contributed by atoms with E-state index in [1.54, 1.807) is 18.5 Å². The van der Waals surface area contributed by atoms with E-state index in [2.05, 4.69) is 33.1 Å². The molecular formula is C20H22N4O. The highest BCUT2D eigenvalue weighted by molar-refractivity contribution is 6.04. The van der Waals surface area contributed by atoms with Gasteiger partial charge >= 0.3 is 0 Å². The van der Waals surface area contributed by atoms with Gasteiger partial charge in [-0.15, -0.1) is 6.42 Å². The summed E-state index contributed by atoms with van der Waals surface area (Å²) in [6.07, 6.45) is 8.52. The molecule has 1 aliphatic heterocycles. The molecule has 1 aliphatic rings. The second-order valence-electron chi connectivity index (χ2n) is 6.34. The second-order valence-corrected chi connectivity index (χ2v) is 6.34. The maximum atomic E-state index is 12.3. The predicted octanol–water partition coefficient (Wildman–Crippen LogP) is 2.06. The van der Waals surface area contributed by atoms with Crippen molar-refractivity contribution < 1.29 is 4.79 Å². The molecule has 128 valence electrons. The van der Waals surface area contributed by atoms with Crippen LogP contribution in [0.2, 0.25) is 0 Å². The van der Waals surface area contributed by atoms with Gasteiger partial charge in [-0.1, -0.05) is 18.1 Å². The quantitative estimate of drug-likeness (QED) is 0.870. The van der Waals surface area contributed by atoms with Crippen molar-refractivity contribution in [1.82, 2.24) is 14.8 Å². The summed E-state index contributed by atoms with van der Waals surface area (Å²) in [6, 6.07) is 9.48. The molecule has 25 heavy (non-hydrogen) atoms. The van der Waals surface area contributed by atoms with Gasteiger partial charge in [0.05, 0.1) is 11.9 Å². The van der Waals surface area contributed by atoms with Crippen molar-refractivity contribution in [3.8, 4) is 12.3 Å². The van der Waals surface area contributed by atoms with Gasteiger partial charge in [0.2, 0.25) is 0 Å². The molecule has 1 saturated heterocycles. The molecule has 2 heterocycles. The number of carbonyl (C=O) groups is 1. The number of likely N-dealkylation sites (N-methyl/N-ethyl adjacent to an activating group) is 1. The third kappa shape index (κ3) is 4.66. The van der Waals surface area contributed by atoms with Crippen molar-refractivity contribution in [2.24, 2.45) is 0 Å². The molecule has 1 amide bonds. The van der Waals surface area contributed by atoms with E-state index in [-0.39, 0.29) is 5.91 Å². The van der Waals surface area contributed by atoms with Gasteiger partial charge in [-0.25, -0.2) is 0 Å². The molecule has 1 fully saturated rings. The Labute approximate surface area is 148 Å². The molecule has 5 heteroatoms. The summed E-state index contributed by atoms with van der Waals surface area (Å²) in [5, 5.41) is 2.83. The summed E-state index contributed by atoms with van der Waals surface area (Å²) in [6.45, 7) is 5.29. The maximum Gasteiger partial charge on any atom is 0.255 e. The number of carbonyl (C=O) groups excluding carboxylic acids is 1. The molecule has 0 unspecified atom stereocenters. The van der Waals surface area contributed by atoms with Gasteiger partial charge in [0.15, 0.2) is 0 Å². The van der Waals surface area contributed by atoms with E-state index in [4.69, 9.17) is 6.42 Å². The number of anilines is 1. The largest absolute Gasteiger partial charge is 0.321 e. The van der Waals surface area contributed by atoms with Crippen LogP contribution in [0.5, 0.6) is 0 Å². The molecule has 0 bridgehead atoms. The lowest BCUT2D eigenvalue weighted by Crippen LogP contribution is -2.43. The van der Waals surface area contributed by atoms with Gasteiger partial charge in [0.1, 0.15) is 0 Å². The molecule has 0 spiro atoms. The van der Waals surface area contributed by atoms with Crippen molar-refractivity contribution >= 4 is 11.6 Å². The first kappa shape index (κ1) is 17.2. The first-order valence-corrected chi connectivity index (χ1v) is 8.37. The summed E-state index contributed by atoms with van der Waals surface area (Å²) in [5.74, 6) is 2.34. The van der Waals surface area contributed by atoms with Crippen LogP contribution < -0.4 is 5.32 Å². The Morgan fingerprint density at radius 1 is 1.20 bits per heavy atom. The highest BCUT2D eigenvalue weighted by atomic mass is 16.1. The van der Waals surface area contributed by atoms with Crippen LogP contribution in [0.1, 0.15) is 21.5 Å². The highest BCUT2D eigenvalue weighted by Crippen LogP contribution is 2.13. The smallest absolute Gasteiger partial charge is 0.255 e. The van der Waals surface area contributed by atoms with Crippen molar-refractivity contribution in [2.45, 2.75) is 6.54 Å². The number of nitrogens with one attached hydrogen (secondary N) is 1. The Bertz CT molecular complexity index is 771. The average molecular weight is 334 g/mol. The van der Waals surface area contributed by atoms with Crippen LogP contribution in [0.3, 0.4) is 0 Å². The van der Waals surface area contributed by atoms with Crippen molar-refractivity contribution in [2.75, 3.05) is 38.5 Å². The summed E-state index contributed by atoms with van der Waals surface area (Å²) in [4.78, 5) is 21.1. The van der Waals surface area contributed by atoms with Crippen molar-refractivity contribution in [1.29, 1.82) is 0 Å². The van der Waals surface area contributed by atoms with E-state index in [9.17, 15) is 4.79 Å². The molecule has 0 radical (unpaired) electrons. The Morgan fingerprint density at radius 3 is 2.60 bits per heavy atom. The van der Waals surface area contributed by atoms with Gasteiger partial charge in [0, 0.05) is 50.0 Å². The zero-order valence-corrected chi connectivity index (χ0v) is 14.4. The lowest BCUT2D eigenvalue weighted by molar-refractivity contribution is 0.102. The van der Waals surface area contributed by atoms with E-state index in [0.717, 1.165) is 32.7 Å². The predicted molar refractivity (Wildman–Crippen MR) is 99.3 cm³/mol. The lowest BCUT2D eigenvalue weighted by atomic mass is 10.1. The van der Waals surface area contributed by atoms with E-state index in [1.807, 2.05) is 24.3 Å². The summed E-state index contributed by atoms with van der Waals surface area (Å²) in [5.41, 5.74) is 3.08. The fraction of sp³-hybridized carbons (Fsp3) is 0.300. The Balaban J connectivity index is 1.59. The molecule has 0 atom stereocenters. The van der Waals surface area contributed by atoms with Crippen LogP contribution in [0.4, 0.5) is 5.69 Å². The summed E-state index contributed by atoms with van der Waals surface area (Å²) in [7, 11) is 2.15. The van der Waals surface area contributed by atoms with Crippen molar-refractivity contribution in [3.05, 3.63) is 59.4 Å². The SMILES string of the molecule is C#Cc1cncc(NC(=O)c2ccc(CN3CCN(C)CC3)cc2)c1. The van der Waals surface area contributed by atoms with E-state index < -0.39 is 0 Å². The van der Waals surface area contributed by atoms with Crippen LogP contribution in [-0.2, 0) is 6.54 Å². The molecule has 0 saturated carbocycles. The number of pyridine rings is 1. The Hall–Kier alpha value is -2.68. The topological polar surface area (TPSA) is 48.5 Å². The number of aromatic nitrogens is 1. The van der Waals surface area contributed by atoms with Crippen LogP contribution in [0.15, 0.2) is 42.7 Å². The van der Waals surface area contributed by atoms with Crippen LogP contribution in [0.25, 0.3) is 0 Å². The van der Waals surface area contributed by atoms with E-state index >= 15 is 0 Å². The van der Waals surface area contributed by atoms with Gasteiger partial charge in [0.25, 0.3) is 5.91 Å². The molecule has 5 nitrogen and oxygen atoms in total. The number of terminal acetylenes is 1. The third-order valence-electron chi connectivity index (χ3n) is 4.38. The minimum absolute atomic E-state index is 0.165. The molecule has 1 aromatic heterocycles. The van der Waals surface area contributed by atoms with Crippen LogP contribution >= 0.6 is 0 Å². The number of hydrogen-bond donors (Lipinski definition) is 1. The molecule has 1 aromatic carbocycles. The molecule has 1 N–H and O–H groups in total. The zero-order valence-electron chi connectivity index (χ0n) is 14.4. The number of nitrogens with zero attached hydrogens (tertiary/aromatic N) is 3. The minimum atomic E-state index is -0.165. The van der Waals surface area contributed by atoms with Crippen molar-refractivity contribution in [3.63, 3.8) is 0 Å². The van der Waals surface area contributed by atoms with Crippen LogP contribution in [-0.4, -0.2) is 53.9 Å². The fourth-order valence-electron chi connectivity index (χ4n) is 2.82. The molecule has 0 aliphatic carbocycles. The summed E-state index contributed by atoms with van der Waals surface area (Å²) < 4.78 is 0. The summed E-state index contributed by atoms with van der Waals surface area (Å²) >= 11 is 0. The van der Waals surface area contributed by atoms with Crippen LogP contribution in [0, 0.1) is 12.3 Å². The monoisotopic (exact) mass is 334 g/mol. The first-order chi connectivity index (χ1) is 12.1. The molecule has 2 aromatic rings. The van der Waals surface area contributed by atoms with Gasteiger partial charge < -0.3 is 10.2 Å². The first-order valence-electron chi connectivity index (χ1n) is 8.37. The number of hydrogen-bond acceptors (Lipinski definition) is 4. The molecule has 3 rings (SSSR count). The lowest BCUT2D eigenvalue weighted by Gasteiger charge is -2.32. The number of benzene rings is 1. The number of amides is 1. The zero-order chi connectivity index (χ0) is 17.6. The third-order valence-corrected chi connectivity index (χ3v) is 4.38. The minimum Gasteiger partial charge on any atom is -0.321 e. The maximum absolute atomic E-state index is 12.3. The Morgan fingerprint density at radius 2 is 1.92 bits per heavy atom. The molecular weight excluding hydrogens is 312 g/mol. The second kappa shape index (κ2) is 7.93. The van der Waals surface area contributed by atoms with E-state index in [0.29, 0.717) is 16.8 Å². The standard InChI is InChI=1S/C20H22N4O/c1-3-16-12-19(14-21-13-16)22-20(25)18-6-4-17(5-7-18)15-24-10-8-23(2)9-11-24/h1,4-7,12-14H,8-11,15H2,2H3,(H,22,25). The van der Waals surface area contributed by atoms with Gasteiger partial charge in [-0.05, 0) is 30.8 Å². The van der Waals surface area contributed by atoms with Gasteiger partial charge in [-0.2, -0.15) is 0 Å². The number of piperazine rings is 1.